The molecule has 2 heterocycles. The molecule has 0 bridgehead atoms. The molecule has 3 rings (SSSR count). The molecule has 28 heavy (non-hydrogen) atoms. The summed E-state index contributed by atoms with van der Waals surface area (Å²) in [6, 6.07) is 12.8. The maximum atomic E-state index is 12.7. The summed E-state index contributed by atoms with van der Waals surface area (Å²) < 4.78 is 5.48. The molecule has 1 fully saturated rings. The minimum atomic E-state index is -0.0541. The molecular weight excluding hydrogens is 350 g/mol. The molecule has 2 aromatic rings. The van der Waals surface area contributed by atoms with Gasteiger partial charge in [-0.3, -0.25) is 9.69 Å². The molecule has 1 aliphatic rings. The predicted octanol–water partition coefficient (Wildman–Crippen LogP) is 4.39. The van der Waals surface area contributed by atoms with Gasteiger partial charge in [0.1, 0.15) is 0 Å². The number of hydrogen-bond donors (Lipinski definition) is 0. The number of carbonyl (C=O) groups is 1. The molecule has 0 N–H and O–H groups in total. The molecule has 0 unspecified atom stereocenters. The zero-order valence-corrected chi connectivity index (χ0v) is 17.6. The molecule has 5 nitrogen and oxygen atoms in total. The van der Waals surface area contributed by atoms with Crippen LogP contribution in [0.15, 0.2) is 40.9 Å². The van der Waals surface area contributed by atoms with E-state index in [1.54, 1.807) is 0 Å². The van der Waals surface area contributed by atoms with Crippen LogP contribution >= 0.6 is 0 Å². The van der Waals surface area contributed by atoms with Crippen LogP contribution in [0.25, 0.3) is 0 Å². The van der Waals surface area contributed by atoms with E-state index >= 15 is 0 Å². The first-order chi connectivity index (χ1) is 13.4. The fourth-order valence-electron chi connectivity index (χ4n) is 4.20. The van der Waals surface area contributed by atoms with Crippen molar-refractivity contribution in [2.75, 3.05) is 13.1 Å². The maximum absolute atomic E-state index is 12.7. The fraction of sp³-hybridized carbons (Fsp3) is 0.565. The molecule has 0 saturated carbocycles. The van der Waals surface area contributed by atoms with Gasteiger partial charge in [0, 0.05) is 18.2 Å². The average Bonchev–Trinajstić information content (AvgIpc) is 3.12. The van der Waals surface area contributed by atoms with Gasteiger partial charge in [-0.05, 0) is 71.5 Å². The molecule has 1 saturated heterocycles. The Morgan fingerprint density at radius 3 is 2.39 bits per heavy atom. The molecule has 1 aromatic heterocycles. The standard InChI is InChI=1S/C23H33N3O2/c1-17(2)26(18(3)4)23(27)22-15-21(28-24-22)16-25-12-10-20(11-13-25)14-19-8-6-5-7-9-19/h5-9,15,17-18,20H,10-14,16H2,1-4H3. The summed E-state index contributed by atoms with van der Waals surface area (Å²) in [7, 11) is 0. The largest absolute Gasteiger partial charge is 0.359 e. The van der Waals surface area contributed by atoms with E-state index < -0.39 is 0 Å². The van der Waals surface area contributed by atoms with Crippen molar-refractivity contribution < 1.29 is 9.32 Å². The van der Waals surface area contributed by atoms with Crippen molar-refractivity contribution in [3.63, 3.8) is 0 Å². The van der Waals surface area contributed by atoms with E-state index in [2.05, 4.69) is 40.4 Å². The quantitative estimate of drug-likeness (QED) is 0.712. The van der Waals surface area contributed by atoms with Crippen molar-refractivity contribution >= 4 is 5.91 Å². The summed E-state index contributed by atoms with van der Waals surface area (Å²) in [5.41, 5.74) is 1.84. The van der Waals surface area contributed by atoms with Crippen LogP contribution in [0.1, 0.15) is 62.3 Å². The van der Waals surface area contributed by atoms with Crippen molar-refractivity contribution in [2.24, 2.45) is 5.92 Å². The highest BCUT2D eigenvalue weighted by Gasteiger charge is 2.26. The second-order valence-electron chi connectivity index (χ2n) is 8.49. The monoisotopic (exact) mass is 383 g/mol. The third-order valence-corrected chi connectivity index (χ3v) is 5.58. The highest BCUT2D eigenvalue weighted by atomic mass is 16.5. The summed E-state index contributed by atoms with van der Waals surface area (Å²) in [5.74, 6) is 1.47. The van der Waals surface area contributed by atoms with Gasteiger partial charge < -0.3 is 9.42 Å². The Balaban J connectivity index is 1.51. The van der Waals surface area contributed by atoms with Crippen LogP contribution in [0.5, 0.6) is 0 Å². The topological polar surface area (TPSA) is 49.6 Å². The van der Waals surface area contributed by atoms with Crippen LogP contribution in [0.2, 0.25) is 0 Å². The lowest BCUT2D eigenvalue weighted by atomic mass is 9.90. The maximum Gasteiger partial charge on any atom is 0.276 e. The first-order valence-corrected chi connectivity index (χ1v) is 10.5. The lowest BCUT2D eigenvalue weighted by molar-refractivity contribution is 0.0632. The number of likely N-dealkylation sites (tertiary alicyclic amines) is 1. The summed E-state index contributed by atoms with van der Waals surface area (Å²) in [5, 5.41) is 4.05. The molecule has 5 heteroatoms. The predicted molar refractivity (Wildman–Crippen MR) is 111 cm³/mol. The highest BCUT2D eigenvalue weighted by Crippen LogP contribution is 2.23. The number of benzene rings is 1. The summed E-state index contributed by atoms with van der Waals surface area (Å²) in [6.45, 7) is 11.0. The van der Waals surface area contributed by atoms with Crippen molar-refractivity contribution in [3.8, 4) is 0 Å². The normalized spacial score (nSPS) is 16.1. The molecule has 0 atom stereocenters. The fourth-order valence-corrected chi connectivity index (χ4v) is 4.20. The Hall–Kier alpha value is -2.14. The Kier molecular flexibility index (Phi) is 6.89. The van der Waals surface area contributed by atoms with Gasteiger partial charge in [-0.25, -0.2) is 0 Å². The molecule has 0 spiro atoms. The molecule has 0 aliphatic carbocycles. The van der Waals surface area contributed by atoms with Crippen molar-refractivity contribution in [2.45, 2.75) is 65.6 Å². The zero-order valence-electron chi connectivity index (χ0n) is 17.6. The Morgan fingerprint density at radius 1 is 1.14 bits per heavy atom. The van der Waals surface area contributed by atoms with Crippen LogP contribution in [-0.4, -0.2) is 46.0 Å². The number of piperidine rings is 1. The van der Waals surface area contributed by atoms with E-state index in [0.29, 0.717) is 5.69 Å². The second kappa shape index (κ2) is 9.37. The molecule has 0 radical (unpaired) electrons. The zero-order chi connectivity index (χ0) is 20.1. The van der Waals surface area contributed by atoms with E-state index in [-0.39, 0.29) is 18.0 Å². The van der Waals surface area contributed by atoms with Gasteiger partial charge in [0.25, 0.3) is 5.91 Å². The van der Waals surface area contributed by atoms with Crippen LogP contribution in [0.3, 0.4) is 0 Å². The average molecular weight is 384 g/mol. The smallest absolute Gasteiger partial charge is 0.276 e. The van der Waals surface area contributed by atoms with Crippen molar-refractivity contribution in [1.29, 1.82) is 0 Å². The van der Waals surface area contributed by atoms with Crippen LogP contribution < -0.4 is 0 Å². The third kappa shape index (κ3) is 5.22. The molecule has 152 valence electrons. The van der Waals surface area contributed by atoms with Gasteiger partial charge in [-0.2, -0.15) is 0 Å². The van der Waals surface area contributed by atoms with Crippen molar-refractivity contribution in [3.05, 3.63) is 53.4 Å². The first kappa shape index (κ1) is 20.6. The lowest BCUT2D eigenvalue weighted by Crippen LogP contribution is -2.42. The third-order valence-electron chi connectivity index (χ3n) is 5.58. The van der Waals surface area contributed by atoms with Crippen LogP contribution in [-0.2, 0) is 13.0 Å². The number of carbonyl (C=O) groups excluding carboxylic acids is 1. The Labute approximate surface area is 168 Å². The summed E-state index contributed by atoms with van der Waals surface area (Å²) in [4.78, 5) is 17.0. The van der Waals surface area contributed by atoms with Gasteiger partial charge in [-0.1, -0.05) is 35.5 Å². The minimum absolute atomic E-state index is 0.0541. The van der Waals surface area contributed by atoms with Gasteiger partial charge in [-0.15, -0.1) is 0 Å². The number of amides is 1. The lowest BCUT2D eigenvalue weighted by Gasteiger charge is -2.31. The Bertz CT molecular complexity index is 738. The van der Waals surface area contributed by atoms with Gasteiger partial charge >= 0.3 is 0 Å². The van der Waals surface area contributed by atoms with Gasteiger partial charge in [0.2, 0.25) is 0 Å². The summed E-state index contributed by atoms with van der Waals surface area (Å²) in [6.07, 6.45) is 3.56. The number of hydrogen-bond acceptors (Lipinski definition) is 4. The molecule has 1 aromatic carbocycles. The first-order valence-electron chi connectivity index (χ1n) is 10.5. The van der Waals surface area contributed by atoms with Gasteiger partial charge in [0.05, 0.1) is 6.54 Å². The SMILES string of the molecule is CC(C)N(C(=O)c1cc(CN2CCC(Cc3ccccc3)CC2)on1)C(C)C. The second-order valence-corrected chi connectivity index (χ2v) is 8.49. The summed E-state index contributed by atoms with van der Waals surface area (Å²) >= 11 is 0. The van der Waals surface area contributed by atoms with E-state index in [4.69, 9.17) is 4.52 Å². The minimum Gasteiger partial charge on any atom is -0.359 e. The highest BCUT2D eigenvalue weighted by molar-refractivity contribution is 5.92. The molecule has 1 amide bonds. The molecule has 1 aliphatic heterocycles. The van der Waals surface area contributed by atoms with E-state index in [1.165, 1.54) is 18.4 Å². The van der Waals surface area contributed by atoms with E-state index in [0.717, 1.165) is 37.7 Å². The van der Waals surface area contributed by atoms with E-state index in [9.17, 15) is 4.79 Å². The number of rotatable bonds is 7. The van der Waals surface area contributed by atoms with Crippen LogP contribution in [0, 0.1) is 5.92 Å². The Morgan fingerprint density at radius 2 is 1.79 bits per heavy atom. The molecular formula is C23H33N3O2. The van der Waals surface area contributed by atoms with Crippen LogP contribution in [0.4, 0.5) is 0 Å². The number of aromatic nitrogens is 1. The van der Waals surface area contributed by atoms with E-state index in [1.807, 2.05) is 38.7 Å². The number of nitrogens with zero attached hydrogens (tertiary/aromatic N) is 3. The van der Waals surface area contributed by atoms with Crippen molar-refractivity contribution in [1.82, 2.24) is 15.0 Å². The van der Waals surface area contributed by atoms with Gasteiger partial charge in [0.15, 0.2) is 11.5 Å².